The molecule has 1 fully saturated rings. The van der Waals surface area contributed by atoms with Crippen molar-refractivity contribution in [3.63, 3.8) is 0 Å². The maximum atomic E-state index is 12.9. The first-order valence-electron chi connectivity index (χ1n) is 10.6. The summed E-state index contributed by atoms with van der Waals surface area (Å²) >= 11 is 0. The van der Waals surface area contributed by atoms with Crippen LogP contribution in [0.4, 0.5) is 0 Å². The van der Waals surface area contributed by atoms with Gasteiger partial charge in [0.1, 0.15) is 0 Å². The van der Waals surface area contributed by atoms with Crippen molar-refractivity contribution in [2.45, 2.75) is 64.4 Å². The highest BCUT2D eigenvalue weighted by Gasteiger charge is 2.25. The molecule has 1 amide bonds. The molecule has 1 aliphatic heterocycles. The van der Waals surface area contributed by atoms with Gasteiger partial charge in [-0.3, -0.25) is 9.69 Å². The molecule has 0 spiro atoms. The third-order valence-corrected chi connectivity index (χ3v) is 6.76. The van der Waals surface area contributed by atoms with Gasteiger partial charge in [-0.25, -0.2) is 13.1 Å². The summed E-state index contributed by atoms with van der Waals surface area (Å²) in [6, 6.07) is 4.91. The summed E-state index contributed by atoms with van der Waals surface area (Å²) in [5.41, 5.74) is 0.528. The van der Waals surface area contributed by atoms with Crippen molar-refractivity contribution in [2.24, 2.45) is 5.92 Å². The molecule has 30 heavy (non-hydrogen) atoms. The fourth-order valence-corrected chi connectivity index (χ4v) is 5.07. The Morgan fingerprint density at radius 2 is 1.83 bits per heavy atom. The van der Waals surface area contributed by atoms with E-state index in [2.05, 4.69) is 28.8 Å². The van der Waals surface area contributed by atoms with Crippen LogP contribution < -0.4 is 10.0 Å². The Morgan fingerprint density at radius 1 is 1.20 bits per heavy atom. The summed E-state index contributed by atoms with van der Waals surface area (Å²) in [6.07, 6.45) is 0.975. The van der Waals surface area contributed by atoms with E-state index in [0.29, 0.717) is 31.2 Å². The molecule has 1 saturated heterocycles. The molecular formula is C22H37N3O4S. The molecule has 7 nitrogen and oxygen atoms in total. The van der Waals surface area contributed by atoms with E-state index >= 15 is 0 Å². The number of nitrogens with one attached hydrogen (secondary N) is 2. The molecule has 2 N–H and O–H groups in total. The molecule has 0 bridgehead atoms. The number of hydrogen-bond donors (Lipinski definition) is 2. The molecule has 1 aliphatic rings. The first-order valence-corrected chi connectivity index (χ1v) is 12.1. The second-order valence-electron chi connectivity index (χ2n) is 9.47. The molecule has 1 atom stereocenters. The molecule has 2 rings (SSSR count). The number of nitrogens with zero attached hydrogens (tertiary/aromatic N) is 1. The lowest BCUT2D eigenvalue weighted by Crippen LogP contribution is -2.49. The molecule has 0 saturated carbocycles. The van der Waals surface area contributed by atoms with Crippen molar-refractivity contribution < 1.29 is 17.9 Å². The Kier molecular flexibility index (Phi) is 8.44. The summed E-state index contributed by atoms with van der Waals surface area (Å²) in [4.78, 5) is 15.4. The molecule has 0 aromatic heterocycles. The average Bonchev–Trinajstić information content (AvgIpc) is 2.63. The molecule has 1 heterocycles. The zero-order valence-electron chi connectivity index (χ0n) is 19.1. The lowest BCUT2D eigenvalue weighted by atomic mass is 10.0. The molecule has 8 heteroatoms. The first-order chi connectivity index (χ1) is 13.9. The number of morpholine rings is 1. The molecular weight excluding hydrogens is 402 g/mol. The molecule has 0 aliphatic carbocycles. The first kappa shape index (κ1) is 24.8. The Labute approximate surface area is 181 Å². The fourth-order valence-electron chi connectivity index (χ4n) is 3.63. The standard InChI is InChI=1S/C22H37N3O4S/c1-16(2)13-18(25-9-11-29-12-10-25)15-23-21(26)20-14-19(8-7-17(20)3)30(27,28)24-22(4,5)6/h7-8,14,16,18,24H,9-13,15H2,1-6H3,(H,23,26). The monoisotopic (exact) mass is 439 g/mol. The van der Waals surface area contributed by atoms with E-state index in [1.807, 2.05) is 6.92 Å². The van der Waals surface area contributed by atoms with Gasteiger partial charge in [0.15, 0.2) is 0 Å². The smallest absolute Gasteiger partial charge is 0.251 e. The Hall–Kier alpha value is -1.48. The number of amides is 1. The van der Waals surface area contributed by atoms with E-state index < -0.39 is 15.6 Å². The highest BCUT2D eigenvalue weighted by atomic mass is 32.2. The largest absolute Gasteiger partial charge is 0.379 e. The van der Waals surface area contributed by atoms with E-state index in [1.165, 1.54) is 12.1 Å². The van der Waals surface area contributed by atoms with Crippen LogP contribution >= 0.6 is 0 Å². The molecule has 1 unspecified atom stereocenters. The lowest BCUT2D eigenvalue weighted by Gasteiger charge is -2.35. The van der Waals surface area contributed by atoms with Crippen LogP contribution in [0.2, 0.25) is 0 Å². The van der Waals surface area contributed by atoms with Gasteiger partial charge in [-0.05, 0) is 57.7 Å². The average molecular weight is 440 g/mol. The van der Waals surface area contributed by atoms with Gasteiger partial charge in [0, 0.05) is 36.8 Å². The Morgan fingerprint density at radius 3 is 2.40 bits per heavy atom. The quantitative estimate of drug-likeness (QED) is 0.650. The number of rotatable bonds is 8. The highest BCUT2D eigenvalue weighted by molar-refractivity contribution is 7.89. The van der Waals surface area contributed by atoms with Crippen LogP contribution in [0.25, 0.3) is 0 Å². The van der Waals surface area contributed by atoms with Gasteiger partial charge < -0.3 is 10.1 Å². The second kappa shape index (κ2) is 10.2. The van der Waals surface area contributed by atoms with Gasteiger partial charge in [-0.1, -0.05) is 19.9 Å². The summed E-state index contributed by atoms with van der Waals surface area (Å²) < 4.78 is 33.4. The summed E-state index contributed by atoms with van der Waals surface area (Å²) in [6.45, 7) is 15.2. The number of carbonyl (C=O) groups is 1. The minimum Gasteiger partial charge on any atom is -0.379 e. The van der Waals surface area contributed by atoms with Crippen LogP contribution in [-0.2, 0) is 14.8 Å². The van der Waals surface area contributed by atoms with Crippen LogP contribution in [-0.4, -0.2) is 63.7 Å². The minimum absolute atomic E-state index is 0.0973. The van der Waals surface area contributed by atoms with Gasteiger partial charge in [0.25, 0.3) is 5.91 Å². The van der Waals surface area contributed by atoms with E-state index in [4.69, 9.17) is 4.74 Å². The minimum atomic E-state index is -3.71. The second-order valence-corrected chi connectivity index (χ2v) is 11.2. The number of ether oxygens (including phenoxy) is 1. The van der Waals surface area contributed by atoms with Crippen molar-refractivity contribution in [2.75, 3.05) is 32.8 Å². The maximum Gasteiger partial charge on any atom is 0.251 e. The molecule has 1 aromatic rings. The number of benzene rings is 1. The Bertz CT molecular complexity index is 825. The van der Waals surface area contributed by atoms with Crippen molar-refractivity contribution in [3.8, 4) is 0 Å². The van der Waals surface area contributed by atoms with Gasteiger partial charge >= 0.3 is 0 Å². The topological polar surface area (TPSA) is 87.7 Å². The highest BCUT2D eigenvalue weighted by Crippen LogP contribution is 2.18. The SMILES string of the molecule is Cc1ccc(S(=O)(=O)NC(C)(C)C)cc1C(=O)NCC(CC(C)C)N1CCOCC1. The van der Waals surface area contributed by atoms with Crippen molar-refractivity contribution in [3.05, 3.63) is 29.3 Å². The number of sulfonamides is 1. The third-order valence-electron chi connectivity index (χ3n) is 5.01. The van der Waals surface area contributed by atoms with Crippen LogP contribution in [0.3, 0.4) is 0 Å². The lowest BCUT2D eigenvalue weighted by molar-refractivity contribution is 0.0124. The predicted molar refractivity (Wildman–Crippen MR) is 119 cm³/mol. The summed E-state index contributed by atoms with van der Waals surface area (Å²) in [5, 5.41) is 3.03. The van der Waals surface area contributed by atoms with Gasteiger partial charge in [-0.15, -0.1) is 0 Å². The molecule has 1 aromatic carbocycles. The zero-order valence-corrected chi connectivity index (χ0v) is 19.9. The zero-order chi connectivity index (χ0) is 22.5. The normalized spacial score (nSPS) is 17.2. The van der Waals surface area contributed by atoms with Gasteiger partial charge in [0.05, 0.1) is 18.1 Å². The van der Waals surface area contributed by atoms with Crippen LogP contribution in [0.15, 0.2) is 23.1 Å². The van der Waals surface area contributed by atoms with Crippen LogP contribution in [0.1, 0.15) is 57.0 Å². The summed E-state index contributed by atoms with van der Waals surface area (Å²) in [7, 11) is -3.71. The van der Waals surface area contributed by atoms with Crippen LogP contribution in [0, 0.1) is 12.8 Å². The van der Waals surface area contributed by atoms with Crippen molar-refractivity contribution in [1.29, 1.82) is 0 Å². The number of carbonyl (C=O) groups excluding carboxylic acids is 1. The van der Waals surface area contributed by atoms with E-state index in [1.54, 1.807) is 26.8 Å². The van der Waals surface area contributed by atoms with Crippen LogP contribution in [0.5, 0.6) is 0 Å². The summed E-state index contributed by atoms with van der Waals surface area (Å²) in [5.74, 6) is 0.260. The maximum absolute atomic E-state index is 12.9. The van der Waals surface area contributed by atoms with Crippen molar-refractivity contribution >= 4 is 15.9 Å². The van der Waals surface area contributed by atoms with E-state index in [9.17, 15) is 13.2 Å². The fraction of sp³-hybridized carbons (Fsp3) is 0.682. The molecule has 0 radical (unpaired) electrons. The third kappa shape index (κ3) is 7.34. The van der Waals surface area contributed by atoms with Gasteiger partial charge in [0.2, 0.25) is 10.0 Å². The van der Waals surface area contributed by atoms with E-state index in [-0.39, 0.29) is 16.8 Å². The number of aryl methyl sites for hydroxylation is 1. The Balaban J connectivity index is 2.15. The van der Waals surface area contributed by atoms with Gasteiger partial charge in [-0.2, -0.15) is 0 Å². The number of hydrogen-bond acceptors (Lipinski definition) is 5. The predicted octanol–water partition coefficient (Wildman–Crippen LogP) is 2.55. The van der Waals surface area contributed by atoms with Crippen molar-refractivity contribution in [1.82, 2.24) is 14.9 Å². The molecule has 170 valence electrons. The van der Waals surface area contributed by atoms with E-state index in [0.717, 1.165) is 25.1 Å².